The van der Waals surface area contributed by atoms with Crippen molar-refractivity contribution < 1.29 is 18.1 Å². The Labute approximate surface area is 141 Å². The van der Waals surface area contributed by atoms with Crippen molar-refractivity contribution in [3.8, 4) is 0 Å². The van der Waals surface area contributed by atoms with E-state index in [9.17, 15) is 23.3 Å². The van der Waals surface area contributed by atoms with Gasteiger partial charge in [0.15, 0.2) is 0 Å². The van der Waals surface area contributed by atoms with Gasteiger partial charge in [-0.25, -0.2) is 8.42 Å². The molecule has 1 aromatic heterocycles. The Balaban J connectivity index is 2.19. The van der Waals surface area contributed by atoms with Crippen LogP contribution < -0.4 is 5.32 Å². The molecular weight excluding hydrogens is 356 g/mol. The molecule has 1 heterocycles. The number of sulfone groups is 1. The number of aromatic nitrogens is 2. The van der Waals surface area contributed by atoms with Crippen molar-refractivity contribution in [1.29, 1.82) is 0 Å². The van der Waals surface area contributed by atoms with Crippen LogP contribution in [0.4, 0.5) is 10.8 Å². The molecule has 9 nitrogen and oxygen atoms in total. The van der Waals surface area contributed by atoms with Gasteiger partial charge >= 0.3 is 0 Å². The van der Waals surface area contributed by atoms with Crippen LogP contribution in [-0.4, -0.2) is 35.2 Å². The maximum absolute atomic E-state index is 12.1. The molecule has 1 aromatic carbocycles. The molecule has 0 aliphatic heterocycles. The van der Waals surface area contributed by atoms with Gasteiger partial charge in [-0.3, -0.25) is 20.2 Å². The maximum atomic E-state index is 12.1. The first-order valence-electron chi connectivity index (χ1n) is 6.96. The molecule has 0 radical (unpaired) electrons. The third-order valence-electron chi connectivity index (χ3n) is 3.00. The molecule has 2 rings (SSSR count). The number of hydrogen-bond donors (Lipinski definition) is 1. The molecule has 0 aliphatic rings. The zero-order valence-electron chi connectivity index (χ0n) is 12.6. The number of nitro groups is 1. The number of nitro benzene ring substituents is 1. The van der Waals surface area contributed by atoms with E-state index in [1.54, 1.807) is 0 Å². The van der Waals surface area contributed by atoms with E-state index in [0.717, 1.165) is 6.42 Å². The van der Waals surface area contributed by atoms with Crippen LogP contribution >= 0.6 is 11.3 Å². The Morgan fingerprint density at radius 2 is 2.04 bits per heavy atom. The van der Waals surface area contributed by atoms with Crippen LogP contribution in [0, 0.1) is 10.1 Å². The normalized spacial score (nSPS) is 11.2. The predicted molar refractivity (Wildman–Crippen MR) is 87.9 cm³/mol. The highest BCUT2D eigenvalue weighted by molar-refractivity contribution is 7.93. The number of anilines is 1. The van der Waals surface area contributed by atoms with Gasteiger partial charge in [-0.2, -0.15) is 0 Å². The number of unbranched alkanes of at least 4 members (excludes halogenated alkanes) is 1. The van der Waals surface area contributed by atoms with Crippen molar-refractivity contribution in [1.82, 2.24) is 10.2 Å². The van der Waals surface area contributed by atoms with E-state index in [-0.39, 0.29) is 26.5 Å². The van der Waals surface area contributed by atoms with Crippen LogP contribution in [0.15, 0.2) is 28.6 Å². The second-order valence-corrected chi connectivity index (χ2v) is 8.03. The van der Waals surface area contributed by atoms with Crippen molar-refractivity contribution in [2.45, 2.75) is 24.1 Å². The Morgan fingerprint density at radius 1 is 1.33 bits per heavy atom. The van der Waals surface area contributed by atoms with Gasteiger partial charge in [0.2, 0.25) is 19.3 Å². The van der Waals surface area contributed by atoms with Crippen LogP contribution in [0.5, 0.6) is 0 Å². The smallest absolute Gasteiger partial charge is 0.282 e. The monoisotopic (exact) mass is 370 g/mol. The first kappa shape index (κ1) is 17.9. The third-order valence-corrected chi connectivity index (χ3v) is 6.09. The van der Waals surface area contributed by atoms with Crippen molar-refractivity contribution in [2.75, 3.05) is 11.1 Å². The number of hydrogen-bond acceptors (Lipinski definition) is 8. The molecule has 0 atom stereocenters. The first-order valence-corrected chi connectivity index (χ1v) is 9.43. The molecule has 11 heteroatoms. The quantitative estimate of drug-likeness (QED) is 0.449. The molecule has 1 N–H and O–H groups in total. The van der Waals surface area contributed by atoms with E-state index in [2.05, 4.69) is 15.5 Å². The Morgan fingerprint density at radius 3 is 2.71 bits per heavy atom. The number of rotatable bonds is 7. The zero-order valence-corrected chi connectivity index (χ0v) is 14.3. The number of nitrogens with zero attached hydrogens (tertiary/aromatic N) is 3. The summed E-state index contributed by atoms with van der Waals surface area (Å²) in [5.74, 6) is -0.799. The number of para-hydroxylation sites is 1. The second kappa shape index (κ2) is 7.45. The second-order valence-electron chi connectivity index (χ2n) is 4.77. The molecule has 1 amide bonds. The molecule has 0 spiro atoms. The lowest BCUT2D eigenvalue weighted by Crippen LogP contribution is -2.13. The van der Waals surface area contributed by atoms with Crippen molar-refractivity contribution in [2.24, 2.45) is 0 Å². The summed E-state index contributed by atoms with van der Waals surface area (Å²) in [5.41, 5.74) is -0.497. The van der Waals surface area contributed by atoms with Gasteiger partial charge in [-0.1, -0.05) is 36.8 Å². The lowest BCUT2D eigenvalue weighted by Gasteiger charge is -2.02. The van der Waals surface area contributed by atoms with E-state index in [4.69, 9.17) is 0 Å². The minimum absolute atomic E-state index is 0.0341. The topological polar surface area (TPSA) is 132 Å². The first-order chi connectivity index (χ1) is 11.3. The molecule has 0 saturated carbocycles. The van der Waals surface area contributed by atoms with Gasteiger partial charge in [0.1, 0.15) is 5.56 Å². The number of amides is 1. The summed E-state index contributed by atoms with van der Waals surface area (Å²) in [6.07, 6.45) is 1.22. The van der Waals surface area contributed by atoms with E-state index in [0.29, 0.717) is 17.8 Å². The van der Waals surface area contributed by atoms with E-state index in [1.807, 2.05) is 6.92 Å². The standard InChI is InChI=1S/C13H14N4O5S2/c1-2-3-8-24(21,22)13-16-15-12(23-13)14-11(18)9-6-4-5-7-10(9)17(19)20/h4-7H,2-3,8H2,1H3,(H,14,15,18). The summed E-state index contributed by atoms with van der Waals surface area (Å²) < 4.78 is 23.8. The van der Waals surface area contributed by atoms with Gasteiger partial charge in [-0.05, 0) is 12.5 Å². The predicted octanol–water partition coefficient (Wildman–Crippen LogP) is 2.27. The molecule has 128 valence electrons. The summed E-state index contributed by atoms with van der Waals surface area (Å²) in [4.78, 5) is 22.4. The average Bonchev–Trinajstić information content (AvgIpc) is 3.02. The van der Waals surface area contributed by atoms with Crippen molar-refractivity contribution in [3.63, 3.8) is 0 Å². The van der Waals surface area contributed by atoms with Gasteiger partial charge in [-0.15, -0.1) is 10.2 Å². The fourth-order valence-corrected chi connectivity index (χ4v) is 4.27. The highest BCUT2D eigenvalue weighted by Gasteiger charge is 2.23. The summed E-state index contributed by atoms with van der Waals surface area (Å²) in [7, 11) is -3.54. The average molecular weight is 370 g/mol. The molecule has 0 fully saturated rings. The minimum Gasteiger partial charge on any atom is -0.296 e. The number of carbonyl (C=O) groups excluding carboxylic acids is 1. The fourth-order valence-electron chi connectivity index (χ4n) is 1.80. The van der Waals surface area contributed by atoms with E-state index >= 15 is 0 Å². The zero-order chi connectivity index (χ0) is 17.7. The SMILES string of the molecule is CCCCS(=O)(=O)c1nnc(NC(=O)c2ccccc2[N+](=O)[O-])s1. The number of benzene rings is 1. The van der Waals surface area contributed by atoms with Crippen LogP contribution in [-0.2, 0) is 9.84 Å². The highest BCUT2D eigenvalue weighted by atomic mass is 32.2. The lowest BCUT2D eigenvalue weighted by atomic mass is 10.1. The van der Waals surface area contributed by atoms with Crippen molar-refractivity contribution >= 4 is 37.9 Å². The van der Waals surface area contributed by atoms with Gasteiger partial charge < -0.3 is 0 Å². The molecule has 24 heavy (non-hydrogen) atoms. The van der Waals surface area contributed by atoms with E-state index in [1.165, 1.54) is 24.3 Å². The lowest BCUT2D eigenvalue weighted by molar-refractivity contribution is -0.385. The Bertz CT molecular complexity index is 863. The third kappa shape index (κ3) is 4.11. The largest absolute Gasteiger partial charge is 0.296 e. The van der Waals surface area contributed by atoms with Crippen LogP contribution in [0.2, 0.25) is 0 Å². The fraction of sp³-hybridized carbons (Fsp3) is 0.308. The van der Waals surface area contributed by atoms with E-state index < -0.39 is 20.7 Å². The van der Waals surface area contributed by atoms with Crippen LogP contribution in [0.3, 0.4) is 0 Å². The summed E-state index contributed by atoms with van der Waals surface area (Å²) in [5, 5.41) is 20.4. The van der Waals surface area contributed by atoms with Crippen molar-refractivity contribution in [3.05, 3.63) is 39.9 Å². The van der Waals surface area contributed by atoms with Gasteiger partial charge in [0.05, 0.1) is 10.7 Å². The highest BCUT2D eigenvalue weighted by Crippen LogP contribution is 2.24. The molecule has 0 unspecified atom stereocenters. The number of nitrogens with one attached hydrogen (secondary N) is 1. The summed E-state index contributed by atoms with van der Waals surface area (Å²) in [6.45, 7) is 1.87. The Kier molecular flexibility index (Phi) is 5.57. The van der Waals surface area contributed by atoms with Gasteiger partial charge in [0, 0.05) is 6.07 Å². The number of carbonyl (C=O) groups is 1. The molecule has 0 saturated heterocycles. The summed E-state index contributed by atoms with van der Waals surface area (Å²) >= 11 is 0.716. The van der Waals surface area contributed by atoms with Gasteiger partial charge in [0.25, 0.3) is 11.6 Å². The molecular formula is C13H14N4O5S2. The van der Waals surface area contributed by atoms with Crippen LogP contribution in [0.25, 0.3) is 0 Å². The molecule has 2 aromatic rings. The summed E-state index contributed by atoms with van der Waals surface area (Å²) in [6, 6.07) is 5.43. The maximum Gasteiger partial charge on any atom is 0.282 e. The Hall–Kier alpha value is -2.40. The molecule has 0 aliphatic carbocycles. The molecule has 0 bridgehead atoms. The van der Waals surface area contributed by atoms with Crippen LogP contribution in [0.1, 0.15) is 30.1 Å². The minimum atomic E-state index is -3.54.